The Morgan fingerprint density at radius 1 is 1.03 bits per heavy atom. The second kappa shape index (κ2) is 21.8. The number of likely N-dealkylation sites (N-methyl/N-ethyl adjacent to an activating group) is 2. The van der Waals surface area contributed by atoms with Gasteiger partial charge in [-0.05, 0) is 106 Å². The molecular weight excluding hydrogens is 803 g/mol. The molecule has 1 unspecified atom stereocenters. The van der Waals surface area contributed by atoms with Crippen LogP contribution >= 0.6 is 0 Å². The summed E-state index contributed by atoms with van der Waals surface area (Å²) in [4.78, 5) is 31.2. The summed E-state index contributed by atoms with van der Waals surface area (Å²) < 4.78 is 44.2. The predicted octanol–water partition coefficient (Wildman–Crippen LogP) is 3.61. The van der Waals surface area contributed by atoms with Crippen LogP contribution in [0.2, 0.25) is 0 Å². The maximum absolute atomic E-state index is 14.6. The van der Waals surface area contributed by atoms with E-state index >= 15 is 0 Å². The minimum Gasteiger partial charge on any atom is -0.472 e. The fourth-order valence-electron chi connectivity index (χ4n) is 10.4. The number of carbonyl (C=O) groups excluding carboxylic acids is 2. The number of hydrogen-bond donors (Lipinski definition) is 5. The second-order valence-corrected chi connectivity index (χ2v) is 19.7. The number of aliphatic hydroxyl groups excluding tert-OH is 2. The molecule has 0 aliphatic carbocycles. The van der Waals surface area contributed by atoms with Crippen molar-refractivity contribution in [1.29, 1.82) is 0 Å². The van der Waals surface area contributed by atoms with Gasteiger partial charge in [-0.2, -0.15) is 0 Å². The Morgan fingerprint density at radius 3 is 2.31 bits per heavy atom. The number of methoxy groups -OCH3 is 1. The molecule has 18 atom stereocenters. The molecule has 4 heterocycles. The molecule has 3 fully saturated rings. The average molecular weight is 884 g/mol. The van der Waals surface area contributed by atoms with Crippen molar-refractivity contribution in [3.63, 3.8) is 0 Å². The zero-order valence-corrected chi connectivity index (χ0v) is 39.9. The summed E-state index contributed by atoms with van der Waals surface area (Å²) in [7, 11) is 7.36. The molecule has 16 heteroatoms. The van der Waals surface area contributed by atoms with Gasteiger partial charge in [0, 0.05) is 51.2 Å². The van der Waals surface area contributed by atoms with Crippen molar-refractivity contribution in [2.24, 2.45) is 23.7 Å². The van der Waals surface area contributed by atoms with Crippen LogP contribution in [-0.4, -0.2) is 174 Å². The van der Waals surface area contributed by atoms with Gasteiger partial charge in [0.2, 0.25) is 0 Å². The lowest BCUT2D eigenvalue weighted by atomic mass is 9.68. The molecule has 1 aromatic rings. The minimum atomic E-state index is -1.80. The first-order chi connectivity index (χ1) is 28.9. The SMILES string of the molecule is CC[C@H]1OC(=O)[C@H](C)[C@@H](C2C[C@@](C)(OC)[C@@H](O)[C@H](C)O2)[C@H](C)[C@@H](O[C@@H]2O[C@H](C)C[C@H](N(C)C)[C@H]2OCCCNC(=O)c2ccoc2)[C@](C)(O)C[C@@H](C)CN(C)[C@H](C)[C@@H](O)[C@]1(C)O. The Balaban J connectivity index is 1.79. The van der Waals surface area contributed by atoms with Gasteiger partial charge < -0.3 is 68.4 Å². The van der Waals surface area contributed by atoms with E-state index in [0.29, 0.717) is 31.5 Å². The number of nitrogens with one attached hydrogen (secondary N) is 1. The standard InChI is InChI=1S/C46H81N3O13/c1-15-35-46(10,55)38(50)30(6)49(13)24-26(2)22-44(8,54)40(28(4)36(29(5)42(53)61-35)34-23-45(9,56-14)39(51)31(7)60-34)62-43-37(33(48(11)12)21-27(3)59-43)58-19-16-18-47-41(52)32-17-20-57-25-32/h17,20,25-31,33-40,43,50-51,54-55H,15-16,18-19,21-24H2,1-14H3,(H,47,52)/t26-,27-,28+,29-,30-,31+,33+,34?,35-,36+,37-,38-,39+,40-,43+,44-,45-,46-/m1/s1. The van der Waals surface area contributed by atoms with E-state index in [0.717, 1.165) is 0 Å². The van der Waals surface area contributed by atoms with Crippen molar-refractivity contribution in [2.75, 3.05) is 47.9 Å². The van der Waals surface area contributed by atoms with Crippen molar-refractivity contribution in [2.45, 2.75) is 185 Å². The van der Waals surface area contributed by atoms with Crippen LogP contribution in [0.4, 0.5) is 0 Å². The van der Waals surface area contributed by atoms with Gasteiger partial charge in [-0.1, -0.05) is 27.7 Å². The molecule has 1 amide bonds. The number of nitrogens with zero attached hydrogens (tertiary/aromatic N) is 2. The Bertz CT molecular complexity index is 1550. The summed E-state index contributed by atoms with van der Waals surface area (Å²) >= 11 is 0. The van der Waals surface area contributed by atoms with Gasteiger partial charge in [0.1, 0.15) is 36.3 Å². The Hall–Kier alpha value is -2.22. The number of esters is 1. The zero-order chi connectivity index (χ0) is 46.5. The van der Waals surface area contributed by atoms with Gasteiger partial charge >= 0.3 is 5.97 Å². The lowest BCUT2D eigenvalue weighted by molar-refractivity contribution is -0.308. The van der Waals surface area contributed by atoms with Gasteiger partial charge in [-0.25, -0.2) is 0 Å². The molecule has 0 aromatic carbocycles. The Kier molecular flexibility index (Phi) is 18.5. The summed E-state index contributed by atoms with van der Waals surface area (Å²) in [6, 6.07) is 0.921. The molecule has 1 aromatic heterocycles. The second-order valence-electron chi connectivity index (χ2n) is 19.7. The predicted molar refractivity (Wildman–Crippen MR) is 232 cm³/mol. The lowest BCUT2D eigenvalue weighted by Crippen LogP contribution is -2.62. The topological polar surface area (TPSA) is 202 Å². The van der Waals surface area contributed by atoms with Crippen LogP contribution in [0, 0.1) is 23.7 Å². The quantitative estimate of drug-likeness (QED) is 0.151. The van der Waals surface area contributed by atoms with Crippen LogP contribution in [0.3, 0.4) is 0 Å². The molecule has 4 rings (SSSR count). The highest BCUT2D eigenvalue weighted by Gasteiger charge is 2.55. The summed E-state index contributed by atoms with van der Waals surface area (Å²) in [6.07, 6.45) is -2.73. The number of carbonyl (C=O) groups is 2. The minimum absolute atomic E-state index is 0.137. The monoisotopic (exact) mass is 884 g/mol. The fraction of sp³-hybridized carbons (Fsp3) is 0.870. The van der Waals surface area contributed by atoms with Crippen molar-refractivity contribution < 1.29 is 62.9 Å². The van der Waals surface area contributed by atoms with Crippen molar-refractivity contribution >= 4 is 11.9 Å². The van der Waals surface area contributed by atoms with E-state index in [1.807, 2.05) is 60.7 Å². The molecule has 3 saturated heterocycles. The van der Waals surface area contributed by atoms with Gasteiger partial charge in [0.05, 0.1) is 53.4 Å². The highest BCUT2D eigenvalue weighted by Crippen LogP contribution is 2.45. The van der Waals surface area contributed by atoms with Crippen LogP contribution in [0.1, 0.15) is 112 Å². The van der Waals surface area contributed by atoms with Crippen LogP contribution in [0.15, 0.2) is 23.0 Å². The Morgan fingerprint density at radius 2 is 1.71 bits per heavy atom. The third kappa shape index (κ3) is 12.2. The maximum Gasteiger partial charge on any atom is 0.309 e. The third-order valence-corrected chi connectivity index (χ3v) is 14.2. The smallest absolute Gasteiger partial charge is 0.309 e. The van der Waals surface area contributed by atoms with Gasteiger partial charge in [-0.15, -0.1) is 0 Å². The number of furan rings is 1. The molecule has 0 spiro atoms. The molecule has 0 radical (unpaired) electrons. The van der Waals surface area contributed by atoms with Crippen LogP contribution < -0.4 is 5.32 Å². The van der Waals surface area contributed by atoms with E-state index in [2.05, 4.69) is 10.2 Å². The van der Waals surface area contributed by atoms with Gasteiger partial charge in [0.25, 0.3) is 5.91 Å². The van der Waals surface area contributed by atoms with Crippen molar-refractivity contribution in [3.05, 3.63) is 24.2 Å². The number of ether oxygens (including phenoxy) is 6. The first-order valence-electron chi connectivity index (χ1n) is 22.7. The van der Waals surface area contributed by atoms with Crippen LogP contribution in [0.5, 0.6) is 0 Å². The summed E-state index contributed by atoms with van der Waals surface area (Å²) in [5, 5.41) is 50.7. The molecule has 0 saturated carbocycles. The number of rotatable bonds is 12. The van der Waals surface area contributed by atoms with Gasteiger partial charge in [0.15, 0.2) is 6.29 Å². The van der Waals surface area contributed by atoms with E-state index < -0.39 is 95.6 Å². The average Bonchev–Trinajstić information content (AvgIpc) is 3.75. The van der Waals surface area contributed by atoms with E-state index in [4.69, 9.17) is 32.8 Å². The highest BCUT2D eigenvalue weighted by atomic mass is 16.7. The van der Waals surface area contributed by atoms with Crippen molar-refractivity contribution in [1.82, 2.24) is 15.1 Å². The van der Waals surface area contributed by atoms with E-state index in [9.17, 15) is 30.0 Å². The summed E-state index contributed by atoms with van der Waals surface area (Å²) in [5.41, 5.74) is -3.94. The first-order valence-corrected chi connectivity index (χ1v) is 22.7. The fourth-order valence-corrected chi connectivity index (χ4v) is 10.4. The molecule has 358 valence electrons. The lowest BCUT2D eigenvalue weighted by Gasteiger charge is -2.51. The first kappa shape index (κ1) is 52.4. The molecule has 3 aliphatic heterocycles. The molecule has 5 N–H and O–H groups in total. The number of cyclic esters (lactones) is 1. The maximum atomic E-state index is 14.6. The molecule has 0 bridgehead atoms. The number of amides is 1. The van der Waals surface area contributed by atoms with E-state index in [1.165, 1.54) is 19.5 Å². The largest absolute Gasteiger partial charge is 0.472 e. The zero-order valence-electron chi connectivity index (χ0n) is 39.9. The summed E-state index contributed by atoms with van der Waals surface area (Å²) in [6.45, 7) is 19.3. The Labute approximate surface area is 370 Å². The van der Waals surface area contributed by atoms with Crippen LogP contribution in [0.25, 0.3) is 0 Å². The molecule has 62 heavy (non-hydrogen) atoms. The van der Waals surface area contributed by atoms with Gasteiger partial charge in [-0.3, -0.25) is 9.59 Å². The highest BCUT2D eigenvalue weighted by molar-refractivity contribution is 5.93. The number of aliphatic hydroxyl groups is 4. The summed E-state index contributed by atoms with van der Waals surface area (Å²) in [5.74, 6) is -3.21. The number of hydrogen-bond acceptors (Lipinski definition) is 15. The molecular formula is C46H81N3O13. The van der Waals surface area contributed by atoms with Crippen molar-refractivity contribution in [3.8, 4) is 0 Å². The van der Waals surface area contributed by atoms with E-state index in [1.54, 1.807) is 40.9 Å². The van der Waals surface area contributed by atoms with Crippen LogP contribution in [-0.2, 0) is 33.2 Å². The molecule has 3 aliphatic rings. The third-order valence-electron chi connectivity index (χ3n) is 14.2. The normalized spacial score (nSPS) is 43.4. The molecule has 16 nitrogen and oxygen atoms in total. The van der Waals surface area contributed by atoms with E-state index in [-0.39, 0.29) is 49.8 Å².